The Hall–Kier alpha value is -3.74. The number of likely N-dealkylation sites (N-methyl/N-ethyl adjacent to an activating group) is 1. The zero-order valence-electron chi connectivity index (χ0n) is 18.1. The molecule has 0 radical (unpaired) electrons. The van der Waals surface area contributed by atoms with Crippen molar-refractivity contribution in [3.63, 3.8) is 0 Å². The number of fused-ring (bicyclic) bond motifs is 1. The van der Waals surface area contributed by atoms with Crippen LogP contribution in [0.4, 0.5) is 5.69 Å². The van der Waals surface area contributed by atoms with Gasteiger partial charge in [-0.15, -0.1) is 0 Å². The predicted molar refractivity (Wildman–Crippen MR) is 122 cm³/mol. The zero-order chi connectivity index (χ0) is 22.1. The Balaban J connectivity index is 1.84. The molecule has 1 amide bonds. The van der Waals surface area contributed by atoms with Crippen LogP contribution in [-0.2, 0) is 11.3 Å². The number of hydrogen-bond acceptors (Lipinski definition) is 4. The first-order chi connectivity index (χ1) is 14.9. The summed E-state index contributed by atoms with van der Waals surface area (Å²) >= 11 is 0. The quantitative estimate of drug-likeness (QED) is 0.498. The van der Waals surface area contributed by atoms with Gasteiger partial charge in [-0.05, 0) is 36.6 Å². The van der Waals surface area contributed by atoms with Gasteiger partial charge in [0.15, 0.2) is 0 Å². The molecule has 0 atom stereocenters. The van der Waals surface area contributed by atoms with Crippen LogP contribution in [0.25, 0.3) is 16.6 Å². The molecule has 0 aliphatic carbocycles. The van der Waals surface area contributed by atoms with E-state index in [0.29, 0.717) is 10.9 Å². The minimum absolute atomic E-state index is 0.0609. The maximum absolute atomic E-state index is 13.4. The van der Waals surface area contributed by atoms with Crippen molar-refractivity contribution in [3.8, 4) is 5.69 Å². The SMILES string of the molecule is Cc1ccccc1-n1ncc2c(C(C)C)nn(CC(=O)N(C)c3ccccc3)c(=O)c21. The summed E-state index contributed by atoms with van der Waals surface area (Å²) in [5.74, 6) is -0.164. The molecule has 0 saturated carbocycles. The van der Waals surface area contributed by atoms with Gasteiger partial charge in [-0.2, -0.15) is 10.2 Å². The van der Waals surface area contributed by atoms with Crippen molar-refractivity contribution in [3.05, 3.63) is 82.4 Å². The van der Waals surface area contributed by atoms with Crippen molar-refractivity contribution < 1.29 is 4.79 Å². The van der Waals surface area contributed by atoms with Crippen molar-refractivity contribution in [1.29, 1.82) is 0 Å². The normalized spacial score (nSPS) is 11.3. The molecular weight excluding hydrogens is 390 g/mol. The van der Waals surface area contributed by atoms with Crippen LogP contribution in [0, 0.1) is 6.92 Å². The molecule has 0 bridgehead atoms. The molecule has 0 saturated heterocycles. The molecule has 7 heteroatoms. The molecule has 0 aliphatic heterocycles. The second kappa shape index (κ2) is 8.18. The Kier molecular flexibility index (Phi) is 5.42. The van der Waals surface area contributed by atoms with E-state index in [1.165, 1.54) is 9.58 Å². The Bertz CT molecular complexity index is 1300. The van der Waals surface area contributed by atoms with Crippen LogP contribution >= 0.6 is 0 Å². The van der Waals surface area contributed by atoms with E-state index < -0.39 is 0 Å². The van der Waals surface area contributed by atoms with Crippen molar-refractivity contribution in [1.82, 2.24) is 19.6 Å². The third-order valence-corrected chi connectivity index (χ3v) is 5.40. The zero-order valence-corrected chi connectivity index (χ0v) is 18.1. The fourth-order valence-corrected chi connectivity index (χ4v) is 3.64. The summed E-state index contributed by atoms with van der Waals surface area (Å²) in [5, 5.41) is 9.76. The summed E-state index contributed by atoms with van der Waals surface area (Å²) in [4.78, 5) is 27.9. The van der Waals surface area contributed by atoms with Crippen LogP contribution in [0.2, 0.25) is 0 Å². The maximum Gasteiger partial charge on any atom is 0.293 e. The van der Waals surface area contributed by atoms with E-state index in [4.69, 9.17) is 0 Å². The van der Waals surface area contributed by atoms with Gasteiger partial charge >= 0.3 is 0 Å². The minimum atomic E-state index is -0.338. The third-order valence-electron chi connectivity index (χ3n) is 5.40. The summed E-state index contributed by atoms with van der Waals surface area (Å²) in [6.07, 6.45) is 1.69. The fraction of sp³-hybridized carbons (Fsp3) is 0.250. The van der Waals surface area contributed by atoms with E-state index in [1.54, 1.807) is 17.9 Å². The average Bonchev–Trinajstić information content (AvgIpc) is 3.21. The summed E-state index contributed by atoms with van der Waals surface area (Å²) in [6.45, 7) is 5.85. The van der Waals surface area contributed by atoms with Crippen molar-refractivity contribution in [2.75, 3.05) is 11.9 Å². The van der Waals surface area contributed by atoms with E-state index in [1.807, 2.05) is 75.4 Å². The van der Waals surface area contributed by atoms with Gasteiger partial charge in [0.05, 0.1) is 17.6 Å². The lowest BCUT2D eigenvalue weighted by molar-refractivity contribution is -0.119. The fourth-order valence-electron chi connectivity index (χ4n) is 3.64. The predicted octanol–water partition coefficient (Wildman–Crippen LogP) is 3.68. The first kappa shape index (κ1) is 20.5. The molecule has 7 nitrogen and oxygen atoms in total. The molecule has 2 aromatic heterocycles. The second-order valence-electron chi connectivity index (χ2n) is 7.90. The molecule has 2 aromatic carbocycles. The van der Waals surface area contributed by atoms with E-state index in [-0.39, 0.29) is 23.9 Å². The number of benzene rings is 2. The third kappa shape index (κ3) is 3.74. The number of aromatic nitrogens is 4. The topological polar surface area (TPSA) is 73.0 Å². The maximum atomic E-state index is 13.4. The molecule has 4 aromatic rings. The first-order valence-corrected chi connectivity index (χ1v) is 10.2. The summed E-state index contributed by atoms with van der Waals surface area (Å²) in [6, 6.07) is 17.1. The van der Waals surface area contributed by atoms with Gasteiger partial charge in [-0.1, -0.05) is 50.2 Å². The highest BCUT2D eigenvalue weighted by Crippen LogP contribution is 2.24. The summed E-state index contributed by atoms with van der Waals surface area (Å²) in [5.41, 5.74) is 3.43. The molecule has 0 aliphatic rings. The molecular formula is C24H25N5O2. The van der Waals surface area contributed by atoms with Gasteiger partial charge < -0.3 is 4.90 Å². The molecule has 158 valence electrons. The number of nitrogens with zero attached hydrogens (tertiary/aromatic N) is 5. The minimum Gasteiger partial charge on any atom is -0.314 e. The Morgan fingerprint density at radius 1 is 1.06 bits per heavy atom. The van der Waals surface area contributed by atoms with Crippen molar-refractivity contribution in [2.24, 2.45) is 0 Å². The molecule has 0 N–H and O–H groups in total. The van der Waals surface area contributed by atoms with Crippen molar-refractivity contribution >= 4 is 22.5 Å². The lowest BCUT2D eigenvalue weighted by Gasteiger charge is -2.18. The molecule has 0 unspecified atom stereocenters. The van der Waals surface area contributed by atoms with Gasteiger partial charge in [0.1, 0.15) is 12.1 Å². The van der Waals surface area contributed by atoms with Gasteiger partial charge in [-0.25, -0.2) is 9.36 Å². The Morgan fingerprint density at radius 2 is 1.74 bits per heavy atom. The van der Waals surface area contributed by atoms with Crippen LogP contribution in [0.3, 0.4) is 0 Å². The number of amides is 1. The van der Waals surface area contributed by atoms with Gasteiger partial charge in [0, 0.05) is 18.1 Å². The lowest BCUT2D eigenvalue weighted by Crippen LogP contribution is -2.36. The lowest BCUT2D eigenvalue weighted by atomic mass is 10.1. The second-order valence-corrected chi connectivity index (χ2v) is 7.90. The molecule has 2 heterocycles. The molecule has 0 fully saturated rings. The van der Waals surface area contributed by atoms with Crippen molar-refractivity contribution in [2.45, 2.75) is 33.2 Å². The van der Waals surface area contributed by atoms with E-state index in [9.17, 15) is 9.59 Å². The Morgan fingerprint density at radius 3 is 2.42 bits per heavy atom. The van der Waals surface area contributed by atoms with Gasteiger partial charge in [0.2, 0.25) is 5.91 Å². The molecule has 0 spiro atoms. The highest BCUT2D eigenvalue weighted by Gasteiger charge is 2.21. The number of hydrogen-bond donors (Lipinski definition) is 0. The number of aryl methyl sites for hydroxylation is 1. The smallest absolute Gasteiger partial charge is 0.293 e. The highest BCUT2D eigenvalue weighted by molar-refractivity contribution is 5.92. The largest absolute Gasteiger partial charge is 0.314 e. The van der Waals surface area contributed by atoms with E-state index >= 15 is 0 Å². The molecule has 4 rings (SSSR count). The van der Waals surface area contributed by atoms with Crippen LogP contribution in [0.1, 0.15) is 31.0 Å². The highest BCUT2D eigenvalue weighted by atomic mass is 16.2. The number of anilines is 1. The number of rotatable bonds is 5. The average molecular weight is 415 g/mol. The van der Waals surface area contributed by atoms with Gasteiger partial charge in [-0.3, -0.25) is 9.59 Å². The first-order valence-electron chi connectivity index (χ1n) is 10.2. The number of para-hydroxylation sites is 2. The number of carbonyl (C=O) groups is 1. The monoisotopic (exact) mass is 415 g/mol. The van der Waals surface area contributed by atoms with E-state index in [2.05, 4.69) is 10.2 Å². The van der Waals surface area contributed by atoms with Crippen LogP contribution in [0.15, 0.2) is 65.6 Å². The number of carbonyl (C=O) groups excluding carboxylic acids is 1. The van der Waals surface area contributed by atoms with Gasteiger partial charge in [0.25, 0.3) is 5.56 Å². The standard InChI is InChI=1S/C24H25N5O2/c1-16(2)22-19-14-25-29(20-13-9-8-10-17(20)3)23(19)24(31)28(26-22)15-21(30)27(4)18-11-6-5-7-12-18/h5-14,16H,15H2,1-4H3. The summed E-state index contributed by atoms with van der Waals surface area (Å²) < 4.78 is 2.92. The van der Waals surface area contributed by atoms with Crippen LogP contribution < -0.4 is 10.5 Å². The van der Waals surface area contributed by atoms with E-state index in [0.717, 1.165) is 22.6 Å². The molecule has 31 heavy (non-hydrogen) atoms. The summed E-state index contributed by atoms with van der Waals surface area (Å²) in [7, 11) is 1.70. The Labute approximate surface area is 180 Å². The van der Waals surface area contributed by atoms with Crippen LogP contribution in [-0.4, -0.2) is 32.5 Å². The van der Waals surface area contributed by atoms with Crippen LogP contribution in [0.5, 0.6) is 0 Å².